The third-order valence-corrected chi connectivity index (χ3v) is 4.79. The number of piperidine rings is 1. The molecular formula is C22H27FN2O2. The van der Waals surface area contributed by atoms with Crippen LogP contribution in [0.5, 0.6) is 5.75 Å². The number of nitrogens with zero attached hydrogens (tertiary/aromatic N) is 1. The first-order valence-electron chi connectivity index (χ1n) is 9.65. The number of benzene rings is 2. The molecule has 4 nitrogen and oxygen atoms in total. The lowest BCUT2D eigenvalue weighted by molar-refractivity contribution is -0.121. The van der Waals surface area contributed by atoms with Gasteiger partial charge in [0.05, 0.1) is 13.0 Å². The van der Waals surface area contributed by atoms with Crippen LogP contribution in [0, 0.1) is 5.82 Å². The van der Waals surface area contributed by atoms with Crippen molar-refractivity contribution in [3.8, 4) is 5.75 Å². The number of likely N-dealkylation sites (tertiary alicyclic amines) is 1. The van der Waals surface area contributed by atoms with Crippen molar-refractivity contribution in [1.82, 2.24) is 10.2 Å². The molecule has 0 spiro atoms. The topological polar surface area (TPSA) is 41.6 Å². The van der Waals surface area contributed by atoms with E-state index in [4.69, 9.17) is 4.74 Å². The second-order valence-electron chi connectivity index (χ2n) is 6.96. The molecule has 1 aliphatic heterocycles. The molecule has 27 heavy (non-hydrogen) atoms. The van der Waals surface area contributed by atoms with E-state index >= 15 is 0 Å². The minimum atomic E-state index is -0.414. The highest BCUT2D eigenvalue weighted by Gasteiger charge is 2.10. The number of nitrogens with one attached hydrogen (secondary N) is 1. The number of carbonyl (C=O) groups is 1. The number of halogens is 1. The largest absolute Gasteiger partial charge is 0.490 e. The highest BCUT2D eigenvalue weighted by Crippen LogP contribution is 2.15. The number of ether oxygens (including phenoxy) is 1. The smallest absolute Gasteiger partial charge is 0.223 e. The van der Waals surface area contributed by atoms with E-state index in [1.165, 1.54) is 44.0 Å². The fraction of sp³-hybridized carbons (Fsp3) is 0.409. The second kappa shape index (κ2) is 10.1. The monoisotopic (exact) mass is 370 g/mol. The van der Waals surface area contributed by atoms with Gasteiger partial charge in [0, 0.05) is 13.1 Å². The Morgan fingerprint density at radius 3 is 2.44 bits per heavy atom. The van der Waals surface area contributed by atoms with Gasteiger partial charge in [-0.25, -0.2) is 4.39 Å². The number of hydrogen-bond acceptors (Lipinski definition) is 3. The first-order valence-corrected chi connectivity index (χ1v) is 9.65. The summed E-state index contributed by atoms with van der Waals surface area (Å²) in [7, 11) is 0. The lowest BCUT2D eigenvalue weighted by Gasteiger charge is -2.26. The summed E-state index contributed by atoms with van der Waals surface area (Å²) in [6.07, 6.45) is 4.14. The summed E-state index contributed by atoms with van der Waals surface area (Å²) < 4.78 is 18.7. The van der Waals surface area contributed by atoms with Crippen molar-refractivity contribution >= 4 is 5.91 Å². The Balaban J connectivity index is 1.36. The average molecular weight is 370 g/mol. The second-order valence-corrected chi connectivity index (χ2v) is 6.96. The number of para-hydroxylation sites is 1. The molecule has 0 atom stereocenters. The molecule has 2 aromatic carbocycles. The van der Waals surface area contributed by atoms with E-state index in [2.05, 4.69) is 34.5 Å². The highest BCUT2D eigenvalue weighted by molar-refractivity contribution is 5.76. The molecule has 2 aromatic rings. The molecule has 0 unspecified atom stereocenters. The minimum absolute atomic E-state index is 0.108. The van der Waals surface area contributed by atoms with Crippen LogP contribution in [0.1, 0.15) is 36.8 Å². The summed E-state index contributed by atoms with van der Waals surface area (Å²) in [6, 6.07) is 14.6. The Labute approximate surface area is 160 Å². The van der Waals surface area contributed by atoms with Crippen LogP contribution in [0.15, 0.2) is 48.5 Å². The summed E-state index contributed by atoms with van der Waals surface area (Å²) in [4.78, 5) is 14.4. The maximum atomic E-state index is 13.4. The van der Waals surface area contributed by atoms with Gasteiger partial charge in [0.1, 0.15) is 0 Å². The molecule has 1 saturated heterocycles. The van der Waals surface area contributed by atoms with Crippen LogP contribution in [0.2, 0.25) is 0 Å². The molecule has 0 bridgehead atoms. The highest BCUT2D eigenvalue weighted by atomic mass is 19.1. The maximum Gasteiger partial charge on any atom is 0.223 e. The van der Waals surface area contributed by atoms with Crippen molar-refractivity contribution < 1.29 is 13.9 Å². The van der Waals surface area contributed by atoms with Gasteiger partial charge >= 0.3 is 0 Å². The molecule has 5 heteroatoms. The molecule has 1 amide bonds. The molecule has 0 aliphatic carbocycles. The van der Waals surface area contributed by atoms with Crippen molar-refractivity contribution in [3.63, 3.8) is 0 Å². The van der Waals surface area contributed by atoms with Crippen LogP contribution < -0.4 is 10.1 Å². The van der Waals surface area contributed by atoms with E-state index in [0.29, 0.717) is 6.54 Å². The number of carbonyl (C=O) groups excluding carboxylic acids is 1. The van der Waals surface area contributed by atoms with Crippen LogP contribution in [0.3, 0.4) is 0 Å². The van der Waals surface area contributed by atoms with E-state index < -0.39 is 5.82 Å². The zero-order valence-corrected chi connectivity index (χ0v) is 15.6. The predicted octanol–water partition coefficient (Wildman–Crippen LogP) is 3.90. The third-order valence-electron chi connectivity index (χ3n) is 4.79. The molecular weight excluding hydrogens is 343 g/mol. The summed E-state index contributed by atoms with van der Waals surface area (Å²) in [5.41, 5.74) is 2.38. The van der Waals surface area contributed by atoms with E-state index in [-0.39, 0.29) is 24.7 Å². The molecule has 3 rings (SSSR count). The van der Waals surface area contributed by atoms with E-state index in [0.717, 1.165) is 12.1 Å². The SMILES string of the molecule is O=C(CCOc1ccccc1F)NCc1ccc(CN2CCCCC2)cc1. The Hall–Kier alpha value is -2.40. The molecule has 1 N–H and O–H groups in total. The lowest BCUT2D eigenvalue weighted by atomic mass is 10.1. The normalized spacial score (nSPS) is 14.7. The standard InChI is InChI=1S/C22H27FN2O2/c23-20-6-2-3-7-21(20)27-15-12-22(26)24-16-18-8-10-19(11-9-18)17-25-13-4-1-5-14-25/h2-3,6-11H,1,4-5,12-17H2,(H,24,26). The van der Waals surface area contributed by atoms with E-state index in [1.54, 1.807) is 18.2 Å². The van der Waals surface area contributed by atoms with Crippen molar-refractivity contribution in [2.24, 2.45) is 0 Å². The number of hydrogen-bond donors (Lipinski definition) is 1. The van der Waals surface area contributed by atoms with Gasteiger partial charge in [-0.2, -0.15) is 0 Å². The quantitative estimate of drug-likeness (QED) is 0.766. The zero-order valence-electron chi connectivity index (χ0n) is 15.6. The lowest BCUT2D eigenvalue weighted by Crippen LogP contribution is -2.29. The molecule has 144 valence electrons. The van der Waals surface area contributed by atoms with Gasteiger partial charge in [-0.05, 0) is 49.2 Å². The number of rotatable bonds is 8. The summed E-state index contributed by atoms with van der Waals surface area (Å²) >= 11 is 0. The summed E-state index contributed by atoms with van der Waals surface area (Å²) in [5.74, 6) is -0.346. The average Bonchev–Trinajstić information content (AvgIpc) is 2.70. The summed E-state index contributed by atoms with van der Waals surface area (Å²) in [5, 5.41) is 2.88. The van der Waals surface area contributed by atoms with Gasteiger partial charge in [0.15, 0.2) is 11.6 Å². The Morgan fingerprint density at radius 1 is 1.00 bits per heavy atom. The Bertz CT molecular complexity index is 727. The van der Waals surface area contributed by atoms with Gasteiger partial charge in [-0.15, -0.1) is 0 Å². The van der Waals surface area contributed by atoms with E-state index in [9.17, 15) is 9.18 Å². The molecule has 1 heterocycles. The van der Waals surface area contributed by atoms with Gasteiger partial charge in [-0.1, -0.05) is 42.8 Å². The zero-order chi connectivity index (χ0) is 18.9. The van der Waals surface area contributed by atoms with Crippen LogP contribution in [-0.2, 0) is 17.9 Å². The molecule has 0 radical (unpaired) electrons. The Morgan fingerprint density at radius 2 is 1.70 bits per heavy atom. The van der Waals surface area contributed by atoms with Crippen molar-refractivity contribution in [3.05, 3.63) is 65.5 Å². The van der Waals surface area contributed by atoms with Crippen LogP contribution in [0.4, 0.5) is 4.39 Å². The van der Waals surface area contributed by atoms with E-state index in [1.807, 2.05) is 0 Å². The maximum absolute atomic E-state index is 13.4. The first kappa shape index (κ1) is 19.4. The van der Waals surface area contributed by atoms with Crippen LogP contribution in [-0.4, -0.2) is 30.5 Å². The Kier molecular flexibility index (Phi) is 7.22. The molecule has 1 aliphatic rings. The first-order chi connectivity index (χ1) is 13.2. The third kappa shape index (κ3) is 6.36. The predicted molar refractivity (Wildman–Crippen MR) is 104 cm³/mol. The molecule has 0 saturated carbocycles. The summed E-state index contributed by atoms with van der Waals surface area (Å²) in [6.45, 7) is 4.02. The van der Waals surface area contributed by atoms with Gasteiger partial charge in [0.2, 0.25) is 5.91 Å². The minimum Gasteiger partial charge on any atom is -0.490 e. The van der Waals surface area contributed by atoms with Gasteiger partial charge < -0.3 is 10.1 Å². The fourth-order valence-electron chi connectivity index (χ4n) is 3.24. The van der Waals surface area contributed by atoms with Crippen molar-refractivity contribution in [2.75, 3.05) is 19.7 Å². The van der Waals surface area contributed by atoms with Crippen molar-refractivity contribution in [1.29, 1.82) is 0 Å². The van der Waals surface area contributed by atoms with Gasteiger partial charge in [0.25, 0.3) is 0 Å². The number of amides is 1. The van der Waals surface area contributed by atoms with Crippen LogP contribution in [0.25, 0.3) is 0 Å². The van der Waals surface area contributed by atoms with Crippen molar-refractivity contribution in [2.45, 2.75) is 38.8 Å². The van der Waals surface area contributed by atoms with Crippen LogP contribution >= 0.6 is 0 Å². The fourth-order valence-corrected chi connectivity index (χ4v) is 3.24. The molecule has 1 fully saturated rings. The molecule has 0 aromatic heterocycles. The van der Waals surface area contributed by atoms with Gasteiger partial charge in [-0.3, -0.25) is 9.69 Å².